The van der Waals surface area contributed by atoms with Gasteiger partial charge in [-0.3, -0.25) is 4.21 Å². The van der Waals surface area contributed by atoms with Gasteiger partial charge in [0.25, 0.3) is 0 Å². The Kier molecular flexibility index (Phi) is 7.90. The maximum atomic E-state index is 13.1. The van der Waals surface area contributed by atoms with Crippen molar-refractivity contribution in [2.75, 3.05) is 0 Å². The van der Waals surface area contributed by atoms with Gasteiger partial charge < -0.3 is 14.4 Å². The fraction of sp³-hybridized carbons (Fsp3) is 0.107. The van der Waals surface area contributed by atoms with Crippen LogP contribution in [0, 0.1) is 12.7 Å². The Bertz CT molecular complexity index is 1370. The Hall–Kier alpha value is -3.85. The number of hydrogen-bond acceptors (Lipinski definition) is 4. The lowest BCUT2D eigenvalue weighted by atomic mass is 9.98. The number of carbonyl (C=O) groups is 1. The first-order valence-corrected chi connectivity index (χ1v) is 12.1. The Balaban J connectivity index is 1.45. The van der Waals surface area contributed by atoms with E-state index in [0.717, 1.165) is 22.3 Å². The van der Waals surface area contributed by atoms with Gasteiger partial charge in [0.05, 0.1) is 5.56 Å². The third-order valence-electron chi connectivity index (χ3n) is 5.64. The van der Waals surface area contributed by atoms with E-state index in [0.29, 0.717) is 17.1 Å². The number of hydrogen-bond donors (Lipinski definition) is 1. The fourth-order valence-corrected chi connectivity index (χ4v) is 4.32. The van der Waals surface area contributed by atoms with Crippen LogP contribution in [0.3, 0.4) is 0 Å². The van der Waals surface area contributed by atoms with Crippen LogP contribution in [0.15, 0.2) is 91.0 Å². The summed E-state index contributed by atoms with van der Waals surface area (Å²) in [6.07, 6.45) is 0. The lowest BCUT2D eigenvalue weighted by Gasteiger charge is -2.25. The molecule has 4 aromatic carbocycles. The molecule has 0 fully saturated rings. The van der Waals surface area contributed by atoms with Gasteiger partial charge in [-0.1, -0.05) is 42.5 Å². The van der Waals surface area contributed by atoms with Crippen molar-refractivity contribution in [3.05, 3.63) is 119 Å². The predicted octanol–water partition coefficient (Wildman–Crippen LogP) is 6.09. The summed E-state index contributed by atoms with van der Waals surface area (Å²) >= 11 is -2.46. The smallest absolute Gasteiger partial charge is 0.335 e. The van der Waals surface area contributed by atoms with Crippen molar-refractivity contribution in [2.45, 2.75) is 20.0 Å². The van der Waals surface area contributed by atoms with Gasteiger partial charge in [0.2, 0.25) is 0 Å². The van der Waals surface area contributed by atoms with Crippen LogP contribution in [-0.2, 0) is 24.4 Å². The highest BCUT2D eigenvalue weighted by atomic mass is 32.2. The lowest BCUT2D eigenvalue weighted by Crippen LogP contribution is -2.25. The number of benzene rings is 4. The summed E-state index contributed by atoms with van der Waals surface area (Å²) in [5.41, 5.74) is 4.65. The second kappa shape index (κ2) is 11.3. The second-order valence-electron chi connectivity index (χ2n) is 8.25. The summed E-state index contributed by atoms with van der Waals surface area (Å²) < 4.78 is 43.8. The maximum absolute atomic E-state index is 13.1. The molecule has 0 spiro atoms. The second-order valence-corrected chi connectivity index (χ2v) is 9.20. The molecular weight excluding hydrogens is 481 g/mol. The average Bonchev–Trinajstić information content (AvgIpc) is 2.86. The monoisotopic (exact) mass is 504 g/mol. The van der Waals surface area contributed by atoms with Crippen molar-refractivity contribution in [1.29, 1.82) is 0 Å². The normalized spacial score (nSPS) is 11.9. The van der Waals surface area contributed by atoms with E-state index in [4.69, 9.17) is 9.84 Å². The van der Waals surface area contributed by atoms with Crippen molar-refractivity contribution in [2.24, 2.45) is 0 Å². The van der Waals surface area contributed by atoms with E-state index >= 15 is 0 Å². The molecule has 1 atom stereocenters. The minimum absolute atomic E-state index is 0.131. The third kappa shape index (κ3) is 6.42. The zero-order valence-electron chi connectivity index (χ0n) is 19.4. The molecule has 36 heavy (non-hydrogen) atoms. The van der Waals surface area contributed by atoms with E-state index in [1.54, 1.807) is 24.3 Å². The molecule has 8 heteroatoms. The number of halogens is 1. The van der Waals surface area contributed by atoms with Gasteiger partial charge in [-0.15, -0.1) is 0 Å². The largest absolute Gasteiger partial charge is 0.760 e. The number of aromatic carboxylic acids is 1. The molecule has 0 aliphatic rings. The molecule has 4 aromatic rings. The predicted molar refractivity (Wildman–Crippen MR) is 135 cm³/mol. The van der Waals surface area contributed by atoms with E-state index in [2.05, 4.69) is 0 Å². The number of carboxylic acids is 1. The van der Waals surface area contributed by atoms with Crippen molar-refractivity contribution in [1.82, 2.24) is 4.31 Å². The number of carboxylic acid groups (broad SMARTS) is 1. The summed E-state index contributed by atoms with van der Waals surface area (Å²) in [4.78, 5) is 11.0. The SMILES string of the molecule is Cc1cc(CN(Cc2ccc(C(=O)O)cc2)S(=O)[O-])ccc1-c1ccc(Oc2ccc(F)cc2)cc1. The van der Waals surface area contributed by atoms with E-state index in [-0.39, 0.29) is 24.5 Å². The Morgan fingerprint density at radius 1 is 0.889 bits per heavy atom. The first-order chi connectivity index (χ1) is 17.3. The van der Waals surface area contributed by atoms with Crippen molar-refractivity contribution >= 4 is 17.2 Å². The summed E-state index contributed by atoms with van der Waals surface area (Å²) in [6.45, 7) is 2.28. The molecule has 6 nitrogen and oxygen atoms in total. The maximum Gasteiger partial charge on any atom is 0.335 e. The highest BCUT2D eigenvalue weighted by Crippen LogP contribution is 2.29. The van der Waals surface area contributed by atoms with Crippen LogP contribution in [-0.4, -0.2) is 24.1 Å². The van der Waals surface area contributed by atoms with Crippen LogP contribution in [0.5, 0.6) is 11.5 Å². The highest BCUT2D eigenvalue weighted by Gasteiger charge is 2.11. The molecule has 0 saturated carbocycles. The van der Waals surface area contributed by atoms with Crippen LogP contribution in [0.1, 0.15) is 27.0 Å². The minimum Gasteiger partial charge on any atom is -0.760 e. The molecule has 0 aliphatic carbocycles. The van der Waals surface area contributed by atoms with Crippen LogP contribution in [0.25, 0.3) is 11.1 Å². The van der Waals surface area contributed by atoms with Crippen molar-refractivity contribution in [3.8, 4) is 22.6 Å². The molecule has 0 saturated heterocycles. The number of nitrogens with zero attached hydrogens (tertiary/aromatic N) is 1. The Labute approximate surface area is 211 Å². The van der Waals surface area contributed by atoms with Gasteiger partial charge in [0, 0.05) is 24.4 Å². The van der Waals surface area contributed by atoms with Crippen LogP contribution in [0.4, 0.5) is 4.39 Å². The zero-order valence-corrected chi connectivity index (χ0v) is 20.2. The molecule has 0 aliphatic heterocycles. The summed E-state index contributed by atoms with van der Waals surface area (Å²) in [5, 5.41) is 9.03. The number of rotatable bonds is 9. The quantitative estimate of drug-likeness (QED) is 0.279. The standard InChI is InChI=1S/C28H24FNO5S/c1-19-16-21(18-30(36(33)34)17-20-2-5-23(6-3-20)28(31)32)4-15-27(19)22-7-11-25(12-8-22)35-26-13-9-24(29)10-14-26/h2-16H,17-18H2,1H3,(H,31,32)(H,33,34)/p-1. The summed E-state index contributed by atoms with van der Waals surface area (Å²) in [7, 11) is 0. The molecule has 4 rings (SSSR count). The Morgan fingerprint density at radius 3 is 2.00 bits per heavy atom. The van der Waals surface area contributed by atoms with E-state index in [9.17, 15) is 17.9 Å². The van der Waals surface area contributed by atoms with Gasteiger partial charge in [-0.2, -0.15) is 0 Å². The lowest BCUT2D eigenvalue weighted by molar-refractivity contribution is 0.0697. The average molecular weight is 505 g/mol. The first-order valence-electron chi connectivity index (χ1n) is 11.1. The highest BCUT2D eigenvalue weighted by molar-refractivity contribution is 7.76. The Morgan fingerprint density at radius 2 is 1.44 bits per heavy atom. The van der Waals surface area contributed by atoms with Crippen LogP contribution < -0.4 is 4.74 Å². The molecular formula is C28H23FNO5S-. The molecule has 0 aromatic heterocycles. The zero-order chi connectivity index (χ0) is 25.7. The molecule has 184 valence electrons. The topological polar surface area (TPSA) is 89.9 Å². The number of ether oxygens (including phenoxy) is 1. The fourth-order valence-electron chi connectivity index (χ4n) is 3.81. The van der Waals surface area contributed by atoms with E-state index in [1.807, 2.05) is 49.4 Å². The van der Waals surface area contributed by atoms with Crippen LogP contribution >= 0.6 is 0 Å². The van der Waals surface area contributed by atoms with Gasteiger partial charge in [0.1, 0.15) is 17.3 Å². The summed E-state index contributed by atoms with van der Waals surface area (Å²) in [6, 6.07) is 25.3. The molecule has 0 heterocycles. The number of aryl methyl sites for hydroxylation is 1. The van der Waals surface area contributed by atoms with Gasteiger partial charge in [-0.25, -0.2) is 13.5 Å². The van der Waals surface area contributed by atoms with Gasteiger partial charge in [0.15, 0.2) is 0 Å². The van der Waals surface area contributed by atoms with Crippen LogP contribution in [0.2, 0.25) is 0 Å². The molecule has 0 bridgehead atoms. The van der Waals surface area contributed by atoms with Gasteiger partial charge in [-0.05, 0) is 83.3 Å². The minimum atomic E-state index is -2.46. The van der Waals surface area contributed by atoms with Crippen molar-refractivity contribution in [3.63, 3.8) is 0 Å². The molecule has 1 unspecified atom stereocenters. The molecule has 1 N–H and O–H groups in total. The first kappa shape index (κ1) is 25.2. The molecule has 0 radical (unpaired) electrons. The van der Waals surface area contributed by atoms with Crippen molar-refractivity contribution < 1.29 is 27.8 Å². The van der Waals surface area contributed by atoms with Gasteiger partial charge >= 0.3 is 5.97 Å². The van der Waals surface area contributed by atoms with E-state index < -0.39 is 17.2 Å². The summed E-state index contributed by atoms with van der Waals surface area (Å²) in [5.74, 6) is -0.181. The molecule has 0 amide bonds. The van der Waals surface area contributed by atoms with E-state index in [1.165, 1.54) is 28.6 Å². The third-order valence-corrected chi connectivity index (χ3v) is 6.31.